The summed E-state index contributed by atoms with van der Waals surface area (Å²) in [6, 6.07) is 9.26. The molecule has 2 atom stereocenters. The molecule has 1 rings (SSSR count). The second-order valence-corrected chi connectivity index (χ2v) is 3.62. The van der Waals surface area contributed by atoms with Gasteiger partial charge in [0, 0.05) is 0 Å². The van der Waals surface area contributed by atoms with Crippen LogP contribution in [0.15, 0.2) is 36.4 Å². The molecule has 0 aliphatic rings. The van der Waals surface area contributed by atoms with E-state index >= 15 is 0 Å². The minimum Gasteiger partial charge on any atom is -0.345 e. The minimum absolute atomic E-state index is 0.887. The Labute approximate surface area is 77.2 Å². The molecule has 0 spiro atoms. The highest BCUT2D eigenvalue weighted by Crippen LogP contribution is 2.21. The Morgan fingerprint density at radius 1 is 1.31 bits per heavy atom. The molecule has 1 aromatic rings. The molecular formula is C9H10O3P+. The summed E-state index contributed by atoms with van der Waals surface area (Å²) in [5.41, 5.74) is 0.887. The van der Waals surface area contributed by atoms with Crippen LogP contribution in [0.1, 0.15) is 5.56 Å². The van der Waals surface area contributed by atoms with Gasteiger partial charge in [0.2, 0.25) is 0 Å². The van der Waals surface area contributed by atoms with Crippen molar-refractivity contribution in [1.82, 2.24) is 0 Å². The standard InChI is InChI=1S/C9H9O3P/c10-9(13(11)12)7-6-8-4-2-1-3-5-8/h1-7,9-10H/p+1/b7-6-/t9-/m0/s1. The van der Waals surface area contributed by atoms with Crippen LogP contribution in [-0.2, 0) is 4.57 Å². The lowest BCUT2D eigenvalue weighted by Gasteiger charge is -1.90. The molecule has 1 aromatic carbocycles. The minimum atomic E-state index is -2.54. The smallest absolute Gasteiger partial charge is 0.345 e. The second kappa shape index (κ2) is 4.87. The summed E-state index contributed by atoms with van der Waals surface area (Å²) in [6.45, 7) is 0. The Morgan fingerprint density at radius 2 is 1.92 bits per heavy atom. The number of benzene rings is 1. The topological polar surface area (TPSA) is 57.5 Å². The third-order valence-corrected chi connectivity index (χ3v) is 2.11. The average molecular weight is 197 g/mol. The maximum atomic E-state index is 10.4. The van der Waals surface area contributed by atoms with Crippen LogP contribution in [0.2, 0.25) is 0 Å². The Hall–Kier alpha value is -1.02. The molecule has 2 N–H and O–H groups in total. The summed E-state index contributed by atoms with van der Waals surface area (Å²) >= 11 is 0. The van der Waals surface area contributed by atoms with E-state index in [1.807, 2.05) is 30.3 Å². The third kappa shape index (κ3) is 3.47. The molecule has 0 saturated carbocycles. The molecule has 3 nitrogen and oxygen atoms in total. The van der Waals surface area contributed by atoms with Crippen molar-refractivity contribution in [2.75, 3.05) is 0 Å². The molecule has 0 amide bonds. The van der Waals surface area contributed by atoms with Crippen molar-refractivity contribution >= 4 is 14.1 Å². The van der Waals surface area contributed by atoms with Crippen LogP contribution < -0.4 is 0 Å². The van der Waals surface area contributed by atoms with Gasteiger partial charge in [0.05, 0.1) is 0 Å². The summed E-state index contributed by atoms with van der Waals surface area (Å²) in [4.78, 5) is 8.51. The van der Waals surface area contributed by atoms with Crippen LogP contribution in [0.5, 0.6) is 0 Å². The third-order valence-electron chi connectivity index (χ3n) is 1.49. The molecule has 0 fully saturated rings. The molecule has 0 heterocycles. The fourth-order valence-corrected chi connectivity index (χ4v) is 1.07. The van der Waals surface area contributed by atoms with Crippen LogP contribution in [0, 0.1) is 0 Å². The molecule has 13 heavy (non-hydrogen) atoms. The molecule has 0 radical (unpaired) electrons. The SMILES string of the molecule is O=[P+](O)[C@H](O)/C=C\c1ccccc1. The molecule has 0 aliphatic carbocycles. The van der Waals surface area contributed by atoms with E-state index in [0.29, 0.717) is 0 Å². The van der Waals surface area contributed by atoms with Gasteiger partial charge in [-0.15, -0.1) is 0 Å². The first-order chi connectivity index (χ1) is 6.20. The largest absolute Gasteiger partial charge is 0.542 e. The zero-order valence-corrected chi connectivity index (χ0v) is 7.76. The molecule has 68 valence electrons. The van der Waals surface area contributed by atoms with Gasteiger partial charge in [-0.05, 0) is 16.2 Å². The fourth-order valence-electron chi connectivity index (χ4n) is 0.835. The molecule has 4 heteroatoms. The summed E-state index contributed by atoms with van der Waals surface area (Å²) in [7, 11) is -2.54. The number of rotatable bonds is 3. The Bertz CT molecular complexity index is 308. The lowest BCUT2D eigenvalue weighted by Crippen LogP contribution is -1.92. The van der Waals surface area contributed by atoms with Crippen molar-refractivity contribution in [3.63, 3.8) is 0 Å². The highest BCUT2D eigenvalue weighted by Gasteiger charge is 2.21. The first-order valence-electron chi connectivity index (χ1n) is 3.76. The van der Waals surface area contributed by atoms with Gasteiger partial charge in [-0.1, -0.05) is 36.4 Å². The predicted octanol–water partition coefficient (Wildman–Crippen LogP) is 1.75. The monoisotopic (exact) mass is 197 g/mol. The molecular weight excluding hydrogens is 187 g/mol. The molecule has 0 bridgehead atoms. The number of aliphatic hydroxyl groups excluding tert-OH is 1. The van der Waals surface area contributed by atoms with E-state index in [-0.39, 0.29) is 0 Å². The fraction of sp³-hybridized carbons (Fsp3) is 0.111. The molecule has 0 aliphatic heterocycles. The highest BCUT2D eigenvalue weighted by molar-refractivity contribution is 7.38. The van der Waals surface area contributed by atoms with E-state index in [9.17, 15) is 4.57 Å². The van der Waals surface area contributed by atoms with Crippen molar-refractivity contribution in [3.8, 4) is 0 Å². The van der Waals surface area contributed by atoms with Crippen molar-refractivity contribution < 1.29 is 14.6 Å². The van der Waals surface area contributed by atoms with E-state index in [1.165, 1.54) is 6.08 Å². The van der Waals surface area contributed by atoms with E-state index in [2.05, 4.69) is 0 Å². The summed E-state index contributed by atoms with van der Waals surface area (Å²) in [6.07, 6.45) is 2.90. The van der Waals surface area contributed by atoms with Crippen molar-refractivity contribution in [2.45, 2.75) is 5.85 Å². The Morgan fingerprint density at radius 3 is 2.46 bits per heavy atom. The summed E-state index contributed by atoms with van der Waals surface area (Å²) in [5.74, 6) is -1.28. The van der Waals surface area contributed by atoms with Gasteiger partial charge in [-0.2, -0.15) is 4.89 Å². The molecule has 0 aromatic heterocycles. The number of hydrogen-bond acceptors (Lipinski definition) is 2. The Balaban J connectivity index is 2.64. The second-order valence-electron chi connectivity index (χ2n) is 2.49. The zero-order chi connectivity index (χ0) is 9.68. The predicted molar refractivity (Wildman–Crippen MR) is 51.3 cm³/mol. The Kier molecular flexibility index (Phi) is 3.77. The van der Waals surface area contributed by atoms with Gasteiger partial charge < -0.3 is 5.11 Å². The highest BCUT2D eigenvalue weighted by atomic mass is 31.1. The van der Waals surface area contributed by atoms with Crippen LogP contribution in [-0.4, -0.2) is 15.8 Å². The maximum Gasteiger partial charge on any atom is 0.542 e. The average Bonchev–Trinajstić information content (AvgIpc) is 2.15. The van der Waals surface area contributed by atoms with Crippen molar-refractivity contribution in [3.05, 3.63) is 42.0 Å². The van der Waals surface area contributed by atoms with Gasteiger partial charge in [0.25, 0.3) is 0 Å². The van der Waals surface area contributed by atoms with E-state index in [0.717, 1.165) is 5.56 Å². The first kappa shape index (κ1) is 10.1. The van der Waals surface area contributed by atoms with Crippen LogP contribution in [0.4, 0.5) is 0 Å². The van der Waals surface area contributed by atoms with Gasteiger partial charge in [0.15, 0.2) is 0 Å². The van der Waals surface area contributed by atoms with Gasteiger partial charge in [-0.3, -0.25) is 0 Å². The number of aliphatic hydroxyl groups is 1. The lowest BCUT2D eigenvalue weighted by atomic mass is 10.2. The molecule has 0 saturated heterocycles. The van der Waals surface area contributed by atoms with E-state index in [4.69, 9.17) is 10.00 Å². The summed E-state index contributed by atoms with van der Waals surface area (Å²) in [5, 5.41) is 8.97. The van der Waals surface area contributed by atoms with Crippen LogP contribution >= 0.6 is 8.03 Å². The molecule has 1 unspecified atom stereocenters. The van der Waals surface area contributed by atoms with Crippen molar-refractivity contribution in [1.29, 1.82) is 0 Å². The van der Waals surface area contributed by atoms with Gasteiger partial charge >= 0.3 is 13.9 Å². The quantitative estimate of drug-likeness (QED) is 0.726. The van der Waals surface area contributed by atoms with Gasteiger partial charge in [-0.25, -0.2) is 0 Å². The summed E-state index contributed by atoms with van der Waals surface area (Å²) < 4.78 is 10.4. The first-order valence-corrected chi connectivity index (χ1v) is 5.05. The zero-order valence-electron chi connectivity index (χ0n) is 6.87. The van der Waals surface area contributed by atoms with Crippen LogP contribution in [0.25, 0.3) is 6.08 Å². The maximum absolute atomic E-state index is 10.4. The normalized spacial score (nSPS) is 14.5. The lowest BCUT2D eigenvalue weighted by molar-refractivity contribution is 0.282. The number of hydrogen-bond donors (Lipinski definition) is 2. The van der Waals surface area contributed by atoms with Crippen LogP contribution in [0.3, 0.4) is 0 Å². The van der Waals surface area contributed by atoms with Crippen molar-refractivity contribution in [2.24, 2.45) is 0 Å². The van der Waals surface area contributed by atoms with E-state index in [1.54, 1.807) is 6.08 Å². The van der Waals surface area contributed by atoms with Gasteiger partial charge in [0.1, 0.15) is 0 Å². The van der Waals surface area contributed by atoms with E-state index < -0.39 is 13.9 Å².